The average Bonchev–Trinajstić information content (AvgIpc) is 3.46. The smallest absolute Gasteiger partial charge is 0.326 e. The van der Waals surface area contributed by atoms with Crippen molar-refractivity contribution in [1.29, 1.82) is 0 Å². The number of anilines is 1. The van der Waals surface area contributed by atoms with Gasteiger partial charge in [-0.2, -0.15) is 0 Å². The fourth-order valence-electron chi connectivity index (χ4n) is 3.36. The molecule has 146 valence electrons. The third kappa shape index (κ3) is 4.30. The van der Waals surface area contributed by atoms with E-state index in [1.165, 1.54) is 25.0 Å². The monoisotopic (exact) mass is 382 g/mol. The van der Waals surface area contributed by atoms with Gasteiger partial charge in [-0.15, -0.1) is 0 Å². The Hall–Kier alpha value is -2.96. The predicted molar refractivity (Wildman–Crippen MR) is 103 cm³/mol. The molecule has 2 aromatic rings. The van der Waals surface area contributed by atoms with Gasteiger partial charge < -0.3 is 10.2 Å². The maximum Gasteiger partial charge on any atom is 0.326 e. The van der Waals surface area contributed by atoms with Crippen LogP contribution in [0.5, 0.6) is 0 Å². The van der Waals surface area contributed by atoms with Crippen molar-refractivity contribution in [2.45, 2.75) is 25.8 Å². The van der Waals surface area contributed by atoms with E-state index in [0.29, 0.717) is 37.6 Å². The van der Waals surface area contributed by atoms with Crippen LogP contribution in [0.4, 0.5) is 15.0 Å². The Morgan fingerprint density at radius 2 is 1.96 bits per heavy atom. The molecule has 1 aromatic carbocycles. The van der Waals surface area contributed by atoms with Crippen LogP contribution in [-0.2, 0) is 6.54 Å². The molecule has 0 spiro atoms. The highest BCUT2D eigenvalue weighted by Gasteiger charge is 2.30. The second-order valence-corrected chi connectivity index (χ2v) is 7.37. The van der Waals surface area contributed by atoms with Gasteiger partial charge in [-0.3, -0.25) is 9.69 Å². The average molecular weight is 382 g/mol. The van der Waals surface area contributed by atoms with E-state index < -0.39 is 0 Å². The third-order valence-corrected chi connectivity index (χ3v) is 5.20. The summed E-state index contributed by atoms with van der Waals surface area (Å²) in [6.45, 7) is 2.14. The van der Waals surface area contributed by atoms with E-state index in [0.717, 1.165) is 17.9 Å². The van der Waals surface area contributed by atoms with Crippen LogP contribution >= 0.6 is 0 Å². The molecule has 1 N–H and O–H groups in total. The number of benzene rings is 1. The lowest BCUT2D eigenvalue weighted by Crippen LogP contribution is -2.32. The van der Waals surface area contributed by atoms with Gasteiger partial charge in [0.15, 0.2) is 0 Å². The van der Waals surface area contributed by atoms with E-state index in [9.17, 15) is 14.0 Å². The summed E-state index contributed by atoms with van der Waals surface area (Å²) >= 11 is 0. The van der Waals surface area contributed by atoms with Crippen LogP contribution in [0.25, 0.3) is 0 Å². The van der Waals surface area contributed by atoms with Crippen molar-refractivity contribution in [3.63, 3.8) is 0 Å². The lowest BCUT2D eigenvalue weighted by atomic mass is 10.2. The van der Waals surface area contributed by atoms with Gasteiger partial charge in [-0.1, -0.05) is 25.0 Å². The standard InChI is InChI=1S/C21H23FN4O2/c22-18-5-3-16(4-6-18)14-25-11-12-26(21(25)28)19-13-17(8-10-23-19)20(27)24-9-7-15-1-2-15/h3-6,8,10,13,15H,1-2,7,9,11-12,14H2,(H,24,27). The molecule has 1 aliphatic carbocycles. The fourth-order valence-corrected chi connectivity index (χ4v) is 3.36. The summed E-state index contributed by atoms with van der Waals surface area (Å²) < 4.78 is 13.1. The van der Waals surface area contributed by atoms with Crippen LogP contribution in [0, 0.1) is 11.7 Å². The van der Waals surface area contributed by atoms with Crippen LogP contribution in [0.3, 0.4) is 0 Å². The Morgan fingerprint density at radius 3 is 2.71 bits per heavy atom. The SMILES string of the molecule is O=C(NCCC1CC1)c1ccnc(N2CCN(Cc3ccc(F)cc3)C2=O)c1. The molecule has 6 nitrogen and oxygen atoms in total. The fraction of sp³-hybridized carbons (Fsp3) is 0.381. The van der Waals surface area contributed by atoms with Crippen LogP contribution in [0.15, 0.2) is 42.6 Å². The number of nitrogens with one attached hydrogen (secondary N) is 1. The second-order valence-electron chi connectivity index (χ2n) is 7.37. The summed E-state index contributed by atoms with van der Waals surface area (Å²) in [4.78, 5) is 32.6. The first-order valence-electron chi connectivity index (χ1n) is 9.65. The third-order valence-electron chi connectivity index (χ3n) is 5.20. The molecule has 1 saturated heterocycles. The molecule has 2 aliphatic rings. The van der Waals surface area contributed by atoms with Crippen LogP contribution in [0.2, 0.25) is 0 Å². The number of carbonyl (C=O) groups is 2. The van der Waals surface area contributed by atoms with Gasteiger partial charge in [0.1, 0.15) is 11.6 Å². The van der Waals surface area contributed by atoms with E-state index in [1.807, 2.05) is 0 Å². The Labute approximate surface area is 163 Å². The molecule has 0 radical (unpaired) electrons. The zero-order chi connectivity index (χ0) is 19.5. The van der Waals surface area contributed by atoms with Crippen molar-refractivity contribution in [3.8, 4) is 0 Å². The molecule has 28 heavy (non-hydrogen) atoms. The molecule has 0 bridgehead atoms. The van der Waals surface area contributed by atoms with Crippen molar-refractivity contribution >= 4 is 17.8 Å². The van der Waals surface area contributed by atoms with Gasteiger partial charge >= 0.3 is 6.03 Å². The minimum absolute atomic E-state index is 0.140. The number of carbonyl (C=O) groups excluding carboxylic acids is 2. The van der Waals surface area contributed by atoms with E-state index in [1.54, 1.807) is 40.3 Å². The highest BCUT2D eigenvalue weighted by atomic mass is 19.1. The van der Waals surface area contributed by atoms with Crippen LogP contribution < -0.4 is 10.2 Å². The van der Waals surface area contributed by atoms with Gasteiger partial charge in [-0.25, -0.2) is 14.2 Å². The zero-order valence-electron chi connectivity index (χ0n) is 15.6. The summed E-state index contributed by atoms with van der Waals surface area (Å²) in [6.07, 6.45) is 5.11. The Bertz CT molecular complexity index is 867. The maximum absolute atomic E-state index is 13.1. The molecular formula is C21H23FN4O2. The number of hydrogen-bond donors (Lipinski definition) is 1. The minimum atomic E-state index is -0.297. The topological polar surface area (TPSA) is 65.5 Å². The predicted octanol–water partition coefficient (Wildman–Crippen LogP) is 3.19. The first-order chi connectivity index (χ1) is 13.6. The Kier molecular flexibility index (Phi) is 5.23. The van der Waals surface area contributed by atoms with E-state index in [4.69, 9.17) is 0 Å². The maximum atomic E-state index is 13.1. The van der Waals surface area contributed by atoms with Crippen molar-refractivity contribution in [1.82, 2.24) is 15.2 Å². The molecule has 2 heterocycles. The highest BCUT2D eigenvalue weighted by Crippen LogP contribution is 2.31. The molecule has 3 amide bonds. The van der Waals surface area contributed by atoms with Crippen molar-refractivity contribution in [3.05, 3.63) is 59.5 Å². The lowest BCUT2D eigenvalue weighted by Gasteiger charge is -2.18. The van der Waals surface area contributed by atoms with Gasteiger partial charge in [0, 0.05) is 37.9 Å². The highest BCUT2D eigenvalue weighted by molar-refractivity contribution is 5.97. The molecule has 4 rings (SSSR count). The number of urea groups is 1. The van der Waals surface area contributed by atoms with Crippen LogP contribution in [0.1, 0.15) is 35.2 Å². The van der Waals surface area contributed by atoms with Crippen molar-refractivity contribution < 1.29 is 14.0 Å². The lowest BCUT2D eigenvalue weighted by molar-refractivity contribution is 0.0952. The summed E-state index contributed by atoms with van der Waals surface area (Å²) in [5.41, 5.74) is 1.37. The number of rotatable bonds is 7. The summed E-state index contributed by atoms with van der Waals surface area (Å²) in [6, 6.07) is 9.29. The van der Waals surface area contributed by atoms with Crippen molar-refractivity contribution in [2.75, 3.05) is 24.5 Å². The first kappa shape index (κ1) is 18.4. The Morgan fingerprint density at radius 1 is 1.18 bits per heavy atom. The number of nitrogens with zero attached hydrogens (tertiary/aromatic N) is 3. The molecule has 1 saturated carbocycles. The Balaban J connectivity index is 1.38. The normalized spacial score (nSPS) is 16.5. The summed E-state index contributed by atoms with van der Waals surface area (Å²) in [7, 11) is 0. The van der Waals surface area contributed by atoms with Gasteiger partial charge in [0.05, 0.1) is 0 Å². The van der Waals surface area contributed by atoms with E-state index in [-0.39, 0.29) is 17.8 Å². The van der Waals surface area contributed by atoms with E-state index >= 15 is 0 Å². The number of halogens is 1. The second kappa shape index (κ2) is 7.96. The number of aromatic nitrogens is 1. The molecule has 2 fully saturated rings. The van der Waals surface area contributed by atoms with Crippen molar-refractivity contribution in [2.24, 2.45) is 5.92 Å². The molecular weight excluding hydrogens is 359 g/mol. The molecule has 7 heteroatoms. The molecule has 1 aliphatic heterocycles. The van der Waals surface area contributed by atoms with Crippen LogP contribution in [-0.4, -0.2) is 41.5 Å². The number of amides is 3. The molecule has 0 unspecified atom stereocenters. The van der Waals surface area contributed by atoms with Gasteiger partial charge in [-0.05, 0) is 42.2 Å². The van der Waals surface area contributed by atoms with Gasteiger partial charge in [0.25, 0.3) is 5.91 Å². The van der Waals surface area contributed by atoms with Gasteiger partial charge in [0.2, 0.25) is 0 Å². The molecule has 0 atom stereocenters. The summed E-state index contributed by atoms with van der Waals surface area (Å²) in [5, 5.41) is 2.93. The molecule has 1 aromatic heterocycles. The number of pyridine rings is 1. The first-order valence-corrected chi connectivity index (χ1v) is 9.65. The number of hydrogen-bond acceptors (Lipinski definition) is 3. The minimum Gasteiger partial charge on any atom is -0.352 e. The van der Waals surface area contributed by atoms with E-state index in [2.05, 4.69) is 10.3 Å². The largest absolute Gasteiger partial charge is 0.352 e. The zero-order valence-corrected chi connectivity index (χ0v) is 15.6. The summed E-state index contributed by atoms with van der Waals surface area (Å²) in [5.74, 6) is 0.803. The quantitative estimate of drug-likeness (QED) is 0.800.